The lowest BCUT2D eigenvalue weighted by molar-refractivity contribution is 0.0149. The van der Waals surface area contributed by atoms with Crippen LogP contribution in [-0.2, 0) is 14.2 Å². The molecule has 144 valence electrons. The Morgan fingerprint density at radius 2 is 1.07 bits per heavy atom. The molecule has 0 heterocycles. The SMILES string of the molecule is COc1ccccc1C(=O)OCCOCCOC(=O)c1ccccc1OC. The summed E-state index contributed by atoms with van der Waals surface area (Å²) in [6, 6.07) is 13.6. The van der Waals surface area contributed by atoms with Crippen molar-refractivity contribution in [3.05, 3.63) is 59.7 Å². The number of esters is 2. The van der Waals surface area contributed by atoms with Gasteiger partial charge in [-0.05, 0) is 24.3 Å². The molecule has 27 heavy (non-hydrogen) atoms. The van der Waals surface area contributed by atoms with Crippen LogP contribution in [-0.4, -0.2) is 52.6 Å². The van der Waals surface area contributed by atoms with E-state index in [0.717, 1.165) is 0 Å². The Kier molecular flexibility index (Phi) is 8.12. The molecule has 0 saturated carbocycles. The first-order chi connectivity index (χ1) is 13.2. The van der Waals surface area contributed by atoms with Crippen molar-refractivity contribution in [2.24, 2.45) is 0 Å². The number of hydrogen-bond donors (Lipinski definition) is 0. The highest BCUT2D eigenvalue weighted by Gasteiger charge is 2.13. The molecule has 7 nitrogen and oxygen atoms in total. The van der Waals surface area contributed by atoms with Crippen molar-refractivity contribution in [2.75, 3.05) is 40.6 Å². The van der Waals surface area contributed by atoms with Crippen LogP contribution in [0.5, 0.6) is 11.5 Å². The van der Waals surface area contributed by atoms with Gasteiger partial charge < -0.3 is 23.7 Å². The Labute approximate surface area is 157 Å². The summed E-state index contributed by atoms with van der Waals surface area (Å²) in [6.45, 7) is 0.537. The predicted molar refractivity (Wildman–Crippen MR) is 97.4 cm³/mol. The minimum Gasteiger partial charge on any atom is -0.496 e. The summed E-state index contributed by atoms with van der Waals surface area (Å²) in [7, 11) is 2.98. The average molecular weight is 374 g/mol. The van der Waals surface area contributed by atoms with Crippen LogP contribution in [0.3, 0.4) is 0 Å². The Morgan fingerprint density at radius 1 is 0.667 bits per heavy atom. The summed E-state index contributed by atoms with van der Waals surface area (Å²) in [5.41, 5.74) is 0.705. The van der Waals surface area contributed by atoms with Crippen molar-refractivity contribution in [3.8, 4) is 11.5 Å². The largest absolute Gasteiger partial charge is 0.496 e. The van der Waals surface area contributed by atoms with E-state index in [1.54, 1.807) is 48.5 Å². The van der Waals surface area contributed by atoms with Crippen molar-refractivity contribution in [1.29, 1.82) is 0 Å². The van der Waals surface area contributed by atoms with Crippen LogP contribution in [0.15, 0.2) is 48.5 Å². The number of methoxy groups -OCH3 is 2. The normalized spacial score (nSPS) is 10.1. The minimum atomic E-state index is -0.487. The summed E-state index contributed by atoms with van der Waals surface area (Å²) in [5, 5.41) is 0. The molecule has 0 bridgehead atoms. The van der Waals surface area contributed by atoms with Gasteiger partial charge in [0.25, 0.3) is 0 Å². The zero-order valence-corrected chi connectivity index (χ0v) is 15.3. The molecule has 2 rings (SSSR count). The molecule has 0 amide bonds. The number of para-hydroxylation sites is 2. The second-order valence-electron chi connectivity index (χ2n) is 5.28. The maximum atomic E-state index is 12.0. The Hall–Kier alpha value is -3.06. The van der Waals surface area contributed by atoms with Crippen LogP contribution in [0.1, 0.15) is 20.7 Å². The molecule has 0 fully saturated rings. The first-order valence-corrected chi connectivity index (χ1v) is 8.35. The molecule has 0 aliphatic heterocycles. The van der Waals surface area contributed by atoms with Gasteiger partial charge >= 0.3 is 11.9 Å². The summed E-state index contributed by atoms with van der Waals surface area (Å²) in [5.74, 6) is -0.0735. The van der Waals surface area contributed by atoms with Crippen LogP contribution in [0.25, 0.3) is 0 Å². The van der Waals surface area contributed by atoms with Gasteiger partial charge in [0, 0.05) is 0 Å². The van der Waals surface area contributed by atoms with Gasteiger partial charge in [0.05, 0.1) is 27.4 Å². The number of ether oxygens (including phenoxy) is 5. The van der Waals surface area contributed by atoms with Gasteiger partial charge in [0.1, 0.15) is 35.8 Å². The Bertz CT molecular complexity index is 694. The number of carbonyl (C=O) groups excluding carboxylic acids is 2. The van der Waals surface area contributed by atoms with Gasteiger partial charge in [-0.2, -0.15) is 0 Å². The van der Waals surface area contributed by atoms with Crippen LogP contribution in [0, 0.1) is 0 Å². The van der Waals surface area contributed by atoms with E-state index in [0.29, 0.717) is 22.6 Å². The fraction of sp³-hybridized carbons (Fsp3) is 0.300. The van der Waals surface area contributed by atoms with E-state index in [2.05, 4.69) is 0 Å². The quantitative estimate of drug-likeness (QED) is 0.467. The van der Waals surface area contributed by atoms with Gasteiger partial charge in [-0.15, -0.1) is 0 Å². The molecule has 2 aromatic rings. The molecule has 0 atom stereocenters. The van der Waals surface area contributed by atoms with Gasteiger partial charge in [0.2, 0.25) is 0 Å². The molecule has 0 aliphatic rings. The standard InChI is InChI=1S/C20H22O7/c1-23-17-9-5-3-7-15(17)19(21)26-13-11-25-12-14-27-20(22)16-8-4-6-10-18(16)24-2/h3-10H,11-14H2,1-2H3. The highest BCUT2D eigenvalue weighted by Crippen LogP contribution is 2.19. The number of rotatable bonds is 10. The lowest BCUT2D eigenvalue weighted by Gasteiger charge is -2.10. The summed E-state index contributed by atoms with van der Waals surface area (Å²) < 4.78 is 25.8. The van der Waals surface area contributed by atoms with Crippen molar-refractivity contribution in [1.82, 2.24) is 0 Å². The van der Waals surface area contributed by atoms with Crippen LogP contribution in [0.4, 0.5) is 0 Å². The third-order valence-electron chi connectivity index (χ3n) is 3.58. The molecule has 0 N–H and O–H groups in total. The predicted octanol–water partition coefficient (Wildman–Crippen LogP) is 2.73. The first-order valence-electron chi connectivity index (χ1n) is 8.35. The van der Waals surface area contributed by atoms with E-state index in [1.165, 1.54) is 14.2 Å². The molecule has 0 radical (unpaired) electrons. The summed E-state index contributed by atoms with van der Waals surface area (Å²) in [6.07, 6.45) is 0. The van der Waals surface area contributed by atoms with Crippen LogP contribution >= 0.6 is 0 Å². The Morgan fingerprint density at radius 3 is 1.48 bits per heavy atom. The maximum absolute atomic E-state index is 12.0. The molecule has 7 heteroatoms. The second kappa shape index (κ2) is 10.8. The van der Waals surface area contributed by atoms with Crippen molar-refractivity contribution in [2.45, 2.75) is 0 Å². The smallest absolute Gasteiger partial charge is 0.342 e. The highest BCUT2D eigenvalue weighted by atomic mass is 16.6. The van der Waals surface area contributed by atoms with Gasteiger partial charge in [-0.3, -0.25) is 0 Å². The monoisotopic (exact) mass is 374 g/mol. The molecule has 0 aliphatic carbocycles. The van der Waals surface area contributed by atoms with E-state index < -0.39 is 11.9 Å². The number of benzene rings is 2. The maximum Gasteiger partial charge on any atom is 0.342 e. The minimum absolute atomic E-state index is 0.0807. The fourth-order valence-corrected chi connectivity index (χ4v) is 2.27. The lowest BCUT2D eigenvalue weighted by atomic mass is 10.2. The van der Waals surface area contributed by atoms with Crippen molar-refractivity contribution < 1.29 is 33.3 Å². The highest BCUT2D eigenvalue weighted by molar-refractivity contribution is 5.93. The van der Waals surface area contributed by atoms with Gasteiger partial charge in [-0.1, -0.05) is 24.3 Å². The van der Waals surface area contributed by atoms with E-state index >= 15 is 0 Å². The summed E-state index contributed by atoms with van der Waals surface area (Å²) in [4.78, 5) is 24.0. The zero-order valence-electron chi connectivity index (χ0n) is 15.3. The lowest BCUT2D eigenvalue weighted by Crippen LogP contribution is -2.15. The van der Waals surface area contributed by atoms with Gasteiger partial charge in [0.15, 0.2) is 0 Å². The van der Waals surface area contributed by atoms with Crippen molar-refractivity contribution >= 4 is 11.9 Å². The average Bonchev–Trinajstić information content (AvgIpc) is 2.72. The fourth-order valence-electron chi connectivity index (χ4n) is 2.27. The Balaban J connectivity index is 1.63. The number of carbonyl (C=O) groups is 2. The third kappa shape index (κ3) is 6.00. The topological polar surface area (TPSA) is 80.3 Å². The number of hydrogen-bond acceptors (Lipinski definition) is 7. The molecule has 0 aromatic heterocycles. The molecular weight excluding hydrogens is 352 g/mol. The first kappa shape index (κ1) is 20.3. The second-order valence-corrected chi connectivity index (χ2v) is 5.28. The molecular formula is C20H22O7. The zero-order chi connectivity index (χ0) is 19.5. The van der Waals surface area contributed by atoms with E-state index in [4.69, 9.17) is 23.7 Å². The molecule has 2 aromatic carbocycles. The van der Waals surface area contributed by atoms with Crippen LogP contribution in [0.2, 0.25) is 0 Å². The van der Waals surface area contributed by atoms with Gasteiger partial charge in [-0.25, -0.2) is 9.59 Å². The molecule has 0 spiro atoms. The third-order valence-corrected chi connectivity index (χ3v) is 3.58. The van der Waals surface area contributed by atoms with Crippen LogP contribution < -0.4 is 9.47 Å². The van der Waals surface area contributed by atoms with Crippen molar-refractivity contribution in [3.63, 3.8) is 0 Å². The van der Waals surface area contributed by atoms with E-state index in [9.17, 15) is 9.59 Å². The van der Waals surface area contributed by atoms with E-state index in [-0.39, 0.29) is 26.4 Å². The summed E-state index contributed by atoms with van der Waals surface area (Å²) >= 11 is 0. The molecule has 0 saturated heterocycles. The van der Waals surface area contributed by atoms with E-state index in [1.807, 2.05) is 0 Å². The molecule has 0 unspecified atom stereocenters.